The van der Waals surface area contributed by atoms with Gasteiger partial charge in [-0.05, 0) is 24.3 Å². The van der Waals surface area contributed by atoms with Crippen LogP contribution >= 0.6 is 0 Å². The molecule has 1 unspecified atom stereocenters. The fourth-order valence-electron chi connectivity index (χ4n) is 1.77. The maximum atomic E-state index is 5.57. The van der Waals surface area contributed by atoms with E-state index in [0.29, 0.717) is 6.61 Å². The molecule has 1 aromatic carbocycles. The highest BCUT2D eigenvalue weighted by molar-refractivity contribution is 5.29. The summed E-state index contributed by atoms with van der Waals surface area (Å²) >= 11 is 0. The van der Waals surface area contributed by atoms with E-state index in [-0.39, 0.29) is 6.23 Å². The average molecular weight is 235 g/mol. The van der Waals surface area contributed by atoms with Crippen molar-refractivity contribution in [1.82, 2.24) is 4.90 Å². The predicted molar refractivity (Wildman–Crippen MR) is 64.5 cm³/mol. The molecule has 92 valence electrons. The van der Waals surface area contributed by atoms with Crippen LogP contribution in [-0.4, -0.2) is 32.3 Å². The number of hydrogen-bond donors (Lipinski definition) is 0. The molecule has 0 radical (unpaired) electrons. The van der Waals surface area contributed by atoms with Crippen molar-refractivity contribution >= 4 is 0 Å². The maximum absolute atomic E-state index is 5.57. The molecule has 0 aliphatic carbocycles. The van der Waals surface area contributed by atoms with Crippen LogP contribution in [0.5, 0.6) is 5.75 Å². The van der Waals surface area contributed by atoms with Gasteiger partial charge in [0.1, 0.15) is 12.0 Å². The Bertz CT molecular complexity index is 375. The first-order valence-corrected chi connectivity index (χ1v) is 5.56. The van der Waals surface area contributed by atoms with Crippen molar-refractivity contribution in [1.29, 1.82) is 0 Å². The molecule has 0 saturated carbocycles. The summed E-state index contributed by atoms with van der Waals surface area (Å²) in [7, 11) is 3.36. The third-order valence-electron chi connectivity index (χ3n) is 2.72. The molecule has 4 nitrogen and oxygen atoms in total. The fraction of sp³-hybridized carbons (Fsp3) is 0.385. The highest BCUT2D eigenvalue weighted by Crippen LogP contribution is 2.28. The quantitative estimate of drug-likeness (QED) is 0.782. The van der Waals surface area contributed by atoms with E-state index in [0.717, 1.165) is 17.9 Å². The minimum atomic E-state index is -0.0592. The number of methoxy groups -OCH3 is 2. The molecule has 0 bridgehead atoms. The summed E-state index contributed by atoms with van der Waals surface area (Å²) < 4.78 is 15.8. The van der Waals surface area contributed by atoms with Gasteiger partial charge < -0.3 is 19.1 Å². The van der Waals surface area contributed by atoms with Crippen molar-refractivity contribution in [2.45, 2.75) is 6.23 Å². The topological polar surface area (TPSA) is 30.9 Å². The van der Waals surface area contributed by atoms with E-state index in [2.05, 4.69) is 4.90 Å². The number of hydrogen-bond acceptors (Lipinski definition) is 4. The Kier molecular flexibility index (Phi) is 3.88. The predicted octanol–water partition coefficient (Wildman–Crippen LogP) is 2.14. The first-order valence-electron chi connectivity index (χ1n) is 5.56. The van der Waals surface area contributed by atoms with E-state index in [4.69, 9.17) is 14.2 Å². The lowest BCUT2D eigenvalue weighted by molar-refractivity contribution is 0.0407. The SMILES string of the molecule is COCCN1C=COC1c1ccc(OC)cc1. The lowest BCUT2D eigenvalue weighted by Crippen LogP contribution is -2.24. The van der Waals surface area contributed by atoms with Crippen LogP contribution in [-0.2, 0) is 9.47 Å². The summed E-state index contributed by atoms with van der Waals surface area (Å²) in [5.41, 5.74) is 1.10. The van der Waals surface area contributed by atoms with Crippen molar-refractivity contribution in [3.05, 3.63) is 42.3 Å². The molecule has 2 rings (SSSR count). The molecule has 0 fully saturated rings. The molecule has 1 aromatic rings. The van der Waals surface area contributed by atoms with Gasteiger partial charge in [-0.1, -0.05) is 0 Å². The summed E-state index contributed by atoms with van der Waals surface area (Å²) in [6.07, 6.45) is 3.59. The van der Waals surface area contributed by atoms with Crippen molar-refractivity contribution in [3.63, 3.8) is 0 Å². The van der Waals surface area contributed by atoms with Crippen LogP contribution in [0.2, 0.25) is 0 Å². The summed E-state index contributed by atoms with van der Waals surface area (Å²) in [6.45, 7) is 1.49. The summed E-state index contributed by atoms with van der Waals surface area (Å²) in [6, 6.07) is 7.89. The van der Waals surface area contributed by atoms with Gasteiger partial charge in [0.25, 0.3) is 0 Å². The average Bonchev–Trinajstić information content (AvgIpc) is 2.84. The molecular weight excluding hydrogens is 218 g/mol. The van der Waals surface area contributed by atoms with E-state index in [1.807, 2.05) is 30.5 Å². The molecular formula is C13H17NO3. The van der Waals surface area contributed by atoms with E-state index in [1.165, 1.54) is 0 Å². The van der Waals surface area contributed by atoms with Crippen molar-refractivity contribution in [2.24, 2.45) is 0 Å². The second kappa shape index (κ2) is 5.59. The molecule has 0 spiro atoms. The maximum Gasteiger partial charge on any atom is 0.197 e. The molecule has 17 heavy (non-hydrogen) atoms. The highest BCUT2D eigenvalue weighted by Gasteiger charge is 2.22. The first-order chi connectivity index (χ1) is 8.35. The lowest BCUT2D eigenvalue weighted by Gasteiger charge is -2.24. The Labute approximate surface area is 101 Å². The van der Waals surface area contributed by atoms with Crippen LogP contribution in [0, 0.1) is 0 Å². The van der Waals surface area contributed by atoms with Crippen LogP contribution in [0.4, 0.5) is 0 Å². The standard InChI is InChI=1S/C13H17NO3/c1-15-9-7-14-8-10-17-13(14)11-3-5-12(16-2)6-4-11/h3-6,8,10,13H,7,9H2,1-2H3. The molecule has 4 heteroatoms. The molecule has 1 aliphatic rings. The zero-order valence-electron chi connectivity index (χ0n) is 10.1. The Morgan fingerprint density at radius 2 is 2.00 bits per heavy atom. The monoisotopic (exact) mass is 235 g/mol. The van der Waals surface area contributed by atoms with Gasteiger partial charge in [0, 0.05) is 25.4 Å². The van der Waals surface area contributed by atoms with Gasteiger partial charge in [0.2, 0.25) is 0 Å². The van der Waals surface area contributed by atoms with E-state index >= 15 is 0 Å². The van der Waals surface area contributed by atoms with E-state index in [9.17, 15) is 0 Å². The van der Waals surface area contributed by atoms with Crippen LogP contribution in [0.3, 0.4) is 0 Å². The van der Waals surface area contributed by atoms with Crippen LogP contribution < -0.4 is 4.74 Å². The van der Waals surface area contributed by atoms with Gasteiger partial charge in [0.15, 0.2) is 6.23 Å². The summed E-state index contributed by atoms with van der Waals surface area (Å²) in [4.78, 5) is 2.10. The van der Waals surface area contributed by atoms with Crippen molar-refractivity contribution in [3.8, 4) is 5.75 Å². The second-order valence-corrected chi connectivity index (χ2v) is 3.78. The summed E-state index contributed by atoms with van der Waals surface area (Å²) in [5, 5.41) is 0. The summed E-state index contributed by atoms with van der Waals surface area (Å²) in [5.74, 6) is 0.850. The number of nitrogens with zero attached hydrogens (tertiary/aromatic N) is 1. The van der Waals surface area contributed by atoms with Crippen molar-refractivity contribution in [2.75, 3.05) is 27.4 Å². The van der Waals surface area contributed by atoms with Crippen molar-refractivity contribution < 1.29 is 14.2 Å². The normalized spacial score (nSPS) is 18.2. The largest absolute Gasteiger partial charge is 0.497 e. The fourth-order valence-corrected chi connectivity index (χ4v) is 1.77. The molecule has 1 atom stereocenters. The van der Waals surface area contributed by atoms with Gasteiger partial charge in [-0.25, -0.2) is 0 Å². The second-order valence-electron chi connectivity index (χ2n) is 3.78. The Morgan fingerprint density at radius 1 is 1.24 bits per heavy atom. The zero-order valence-corrected chi connectivity index (χ0v) is 10.1. The number of rotatable bonds is 5. The zero-order chi connectivity index (χ0) is 12.1. The molecule has 0 amide bonds. The smallest absolute Gasteiger partial charge is 0.197 e. The Morgan fingerprint density at radius 3 is 2.65 bits per heavy atom. The van der Waals surface area contributed by atoms with Gasteiger partial charge in [-0.2, -0.15) is 0 Å². The van der Waals surface area contributed by atoms with Crippen LogP contribution in [0.15, 0.2) is 36.7 Å². The molecule has 0 saturated heterocycles. The third kappa shape index (κ3) is 2.71. The highest BCUT2D eigenvalue weighted by atomic mass is 16.5. The van der Waals surface area contributed by atoms with Gasteiger partial charge >= 0.3 is 0 Å². The Balaban J connectivity index is 2.04. The minimum absolute atomic E-state index is 0.0592. The Hall–Kier alpha value is -1.68. The minimum Gasteiger partial charge on any atom is -0.497 e. The van der Waals surface area contributed by atoms with Crippen LogP contribution in [0.25, 0.3) is 0 Å². The first kappa shape index (κ1) is 11.8. The number of ether oxygens (including phenoxy) is 3. The van der Waals surface area contributed by atoms with Crippen LogP contribution in [0.1, 0.15) is 11.8 Å². The molecule has 0 N–H and O–H groups in total. The molecule has 1 heterocycles. The van der Waals surface area contributed by atoms with E-state index < -0.39 is 0 Å². The van der Waals surface area contributed by atoms with Gasteiger partial charge in [0.05, 0.1) is 13.7 Å². The van der Waals surface area contributed by atoms with Gasteiger partial charge in [-0.15, -0.1) is 0 Å². The number of benzene rings is 1. The molecule has 1 aliphatic heterocycles. The van der Waals surface area contributed by atoms with E-state index in [1.54, 1.807) is 20.5 Å². The molecule has 0 aromatic heterocycles. The lowest BCUT2D eigenvalue weighted by atomic mass is 10.2. The third-order valence-corrected chi connectivity index (χ3v) is 2.72. The van der Waals surface area contributed by atoms with Gasteiger partial charge in [-0.3, -0.25) is 0 Å².